The monoisotopic (exact) mass is 449 g/mol. The molecule has 2 aliphatic carbocycles. The van der Waals surface area contributed by atoms with E-state index in [0.717, 1.165) is 18.5 Å². The number of anilines is 1. The molecule has 2 atom stereocenters. The lowest BCUT2D eigenvalue weighted by atomic mass is 9.95. The van der Waals surface area contributed by atoms with Crippen LogP contribution in [0, 0.1) is 0 Å². The molecule has 0 saturated heterocycles. The standard InChI is InChI=1S/C29H23NO4/c31-27-21-11-10-19(29(33)34)15-23(21)28(32)24(27)14-18-9-12-26-22(13-18)20-7-4-8-25(20)30(26)16-17-5-2-1-3-6-17/h1-3,5-6,9-15,20,25H,4,7-8,16H2,(H,33,34)/b24-14+. The van der Waals surface area contributed by atoms with Gasteiger partial charge in [-0.15, -0.1) is 0 Å². The maximum absolute atomic E-state index is 13.0. The minimum absolute atomic E-state index is 0.00413. The Morgan fingerprint density at radius 3 is 2.53 bits per heavy atom. The molecule has 0 spiro atoms. The molecule has 34 heavy (non-hydrogen) atoms. The average Bonchev–Trinajstić information content (AvgIpc) is 3.50. The molecule has 0 radical (unpaired) electrons. The fraction of sp³-hybridized carbons (Fsp3) is 0.207. The van der Waals surface area contributed by atoms with Gasteiger partial charge in [-0.2, -0.15) is 0 Å². The van der Waals surface area contributed by atoms with Gasteiger partial charge in [0.2, 0.25) is 0 Å². The van der Waals surface area contributed by atoms with Crippen molar-refractivity contribution in [2.45, 2.75) is 37.8 Å². The number of hydrogen-bond acceptors (Lipinski definition) is 4. The predicted molar refractivity (Wildman–Crippen MR) is 129 cm³/mol. The van der Waals surface area contributed by atoms with Gasteiger partial charge in [0.05, 0.1) is 11.1 Å². The van der Waals surface area contributed by atoms with E-state index >= 15 is 0 Å². The zero-order valence-electron chi connectivity index (χ0n) is 18.5. The molecule has 0 aromatic heterocycles. The van der Waals surface area contributed by atoms with E-state index in [1.165, 1.54) is 47.9 Å². The summed E-state index contributed by atoms with van der Waals surface area (Å²) < 4.78 is 0. The number of aromatic carboxylic acids is 1. The van der Waals surface area contributed by atoms with E-state index in [1.54, 1.807) is 6.08 Å². The van der Waals surface area contributed by atoms with Crippen molar-refractivity contribution in [2.24, 2.45) is 0 Å². The number of allylic oxidation sites excluding steroid dienone is 1. The summed E-state index contributed by atoms with van der Waals surface area (Å²) in [5.41, 5.74) is 5.18. The molecule has 3 aromatic carbocycles. The average molecular weight is 450 g/mol. The minimum atomic E-state index is -1.12. The highest BCUT2D eigenvalue weighted by Crippen LogP contribution is 2.50. The van der Waals surface area contributed by atoms with Crippen LogP contribution in [0.2, 0.25) is 0 Å². The molecule has 5 nitrogen and oxygen atoms in total. The van der Waals surface area contributed by atoms with Crippen molar-refractivity contribution in [2.75, 3.05) is 4.90 Å². The van der Waals surface area contributed by atoms with Crippen molar-refractivity contribution in [3.05, 3.63) is 106 Å². The summed E-state index contributed by atoms with van der Waals surface area (Å²) in [4.78, 5) is 39.7. The normalized spacial score (nSPS) is 21.6. The SMILES string of the molecule is O=C(O)c1ccc2c(c1)C(=O)/C(=C/c1ccc3c(c1)C1CCCC1N3Cc1ccccc1)C2=O. The molecule has 3 aliphatic rings. The van der Waals surface area contributed by atoms with E-state index in [9.17, 15) is 19.5 Å². The highest BCUT2D eigenvalue weighted by molar-refractivity contribution is 6.41. The summed E-state index contributed by atoms with van der Waals surface area (Å²) in [7, 11) is 0. The van der Waals surface area contributed by atoms with Crippen LogP contribution in [-0.4, -0.2) is 28.7 Å². The van der Waals surface area contributed by atoms with Crippen LogP contribution in [0.1, 0.15) is 72.9 Å². The molecule has 1 heterocycles. The lowest BCUT2D eigenvalue weighted by Gasteiger charge is -2.27. The number of carboxylic acids is 1. The van der Waals surface area contributed by atoms with Crippen molar-refractivity contribution >= 4 is 29.3 Å². The molecule has 168 valence electrons. The Hall–Kier alpha value is -3.99. The molecule has 1 N–H and O–H groups in total. The molecule has 6 rings (SSSR count). The number of carboxylic acid groups (broad SMARTS) is 1. The van der Waals surface area contributed by atoms with E-state index in [1.807, 2.05) is 12.1 Å². The molecule has 0 amide bonds. The Morgan fingerprint density at radius 1 is 0.941 bits per heavy atom. The van der Waals surface area contributed by atoms with Crippen LogP contribution in [0.25, 0.3) is 6.08 Å². The number of fused-ring (bicyclic) bond motifs is 4. The molecule has 1 aliphatic heterocycles. The van der Waals surface area contributed by atoms with Crippen molar-refractivity contribution in [3.63, 3.8) is 0 Å². The summed E-state index contributed by atoms with van der Waals surface area (Å²) >= 11 is 0. The Balaban J connectivity index is 1.35. The predicted octanol–water partition coefficient (Wildman–Crippen LogP) is 5.50. The Kier molecular flexibility index (Phi) is 4.73. The lowest BCUT2D eigenvalue weighted by Crippen LogP contribution is -2.30. The Labute approximate surface area is 197 Å². The third-order valence-electron chi connectivity index (χ3n) is 7.39. The van der Waals surface area contributed by atoms with Gasteiger partial charge in [0.25, 0.3) is 0 Å². The lowest BCUT2D eigenvalue weighted by molar-refractivity contribution is 0.0696. The van der Waals surface area contributed by atoms with E-state index < -0.39 is 11.8 Å². The van der Waals surface area contributed by atoms with E-state index in [0.29, 0.717) is 12.0 Å². The van der Waals surface area contributed by atoms with Crippen molar-refractivity contribution in [3.8, 4) is 0 Å². The van der Waals surface area contributed by atoms with Crippen LogP contribution in [0.3, 0.4) is 0 Å². The number of carbonyl (C=O) groups is 3. The Morgan fingerprint density at radius 2 is 1.74 bits per heavy atom. The largest absolute Gasteiger partial charge is 0.478 e. The van der Waals surface area contributed by atoms with Crippen LogP contribution in [-0.2, 0) is 6.54 Å². The van der Waals surface area contributed by atoms with Crippen LogP contribution < -0.4 is 4.90 Å². The van der Waals surface area contributed by atoms with E-state index in [4.69, 9.17) is 0 Å². The second kappa shape index (κ2) is 7.80. The second-order valence-corrected chi connectivity index (χ2v) is 9.32. The number of carbonyl (C=O) groups excluding carboxylic acids is 2. The van der Waals surface area contributed by atoms with Gasteiger partial charge in [0.1, 0.15) is 0 Å². The zero-order chi connectivity index (χ0) is 23.4. The van der Waals surface area contributed by atoms with Gasteiger partial charge >= 0.3 is 5.97 Å². The smallest absolute Gasteiger partial charge is 0.335 e. The number of hydrogen-bond donors (Lipinski definition) is 1. The maximum Gasteiger partial charge on any atom is 0.335 e. The molecule has 1 fully saturated rings. The summed E-state index contributed by atoms with van der Waals surface area (Å²) in [6.07, 6.45) is 5.17. The third kappa shape index (κ3) is 3.19. The fourth-order valence-corrected chi connectivity index (χ4v) is 5.81. The highest BCUT2D eigenvalue weighted by Gasteiger charge is 2.41. The first-order chi connectivity index (χ1) is 16.5. The van der Waals surface area contributed by atoms with Crippen LogP contribution in [0.15, 0.2) is 72.3 Å². The molecule has 1 saturated carbocycles. The van der Waals surface area contributed by atoms with Crippen LogP contribution in [0.4, 0.5) is 5.69 Å². The van der Waals surface area contributed by atoms with Gasteiger partial charge in [0, 0.05) is 35.3 Å². The highest BCUT2D eigenvalue weighted by atomic mass is 16.4. The molecule has 2 unspecified atom stereocenters. The first-order valence-electron chi connectivity index (χ1n) is 11.6. The topological polar surface area (TPSA) is 74.7 Å². The quantitative estimate of drug-likeness (QED) is 0.420. The second-order valence-electron chi connectivity index (χ2n) is 9.32. The first kappa shape index (κ1) is 20.6. The van der Waals surface area contributed by atoms with Gasteiger partial charge in [-0.3, -0.25) is 9.59 Å². The van der Waals surface area contributed by atoms with Gasteiger partial charge < -0.3 is 10.0 Å². The zero-order valence-corrected chi connectivity index (χ0v) is 18.5. The Bertz CT molecular complexity index is 1390. The molecule has 5 heteroatoms. The fourth-order valence-electron chi connectivity index (χ4n) is 5.81. The number of rotatable bonds is 4. The first-order valence-corrected chi connectivity index (χ1v) is 11.6. The van der Waals surface area contributed by atoms with Gasteiger partial charge in [0.15, 0.2) is 11.6 Å². The van der Waals surface area contributed by atoms with E-state index in [-0.39, 0.29) is 28.0 Å². The summed E-state index contributed by atoms with van der Waals surface area (Å²) in [6, 6.07) is 21.3. The number of nitrogens with zero attached hydrogens (tertiary/aromatic N) is 1. The van der Waals surface area contributed by atoms with Gasteiger partial charge in [-0.05, 0) is 65.9 Å². The van der Waals surface area contributed by atoms with Crippen molar-refractivity contribution < 1.29 is 19.5 Å². The van der Waals surface area contributed by atoms with Crippen molar-refractivity contribution in [1.29, 1.82) is 0 Å². The van der Waals surface area contributed by atoms with Crippen LogP contribution >= 0.6 is 0 Å². The molecule has 3 aromatic rings. The maximum atomic E-state index is 13.0. The molecular weight excluding hydrogens is 426 g/mol. The summed E-state index contributed by atoms with van der Waals surface area (Å²) in [6.45, 7) is 0.869. The van der Waals surface area contributed by atoms with Crippen LogP contribution in [0.5, 0.6) is 0 Å². The number of ketones is 2. The van der Waals surface area contributed by atoms with Crippen molar-refractivity contribution in [1.82, 2.24) is 0 Å². The summed E-state index contributed by atoms with van der Waals surface area (Å²) in [5, 5.41) is 9.23. The van der Waals surface area contributed by atoms with Gasteiger partial charge in [-0.1, -0.05) is 42.8 Å². The summed E-state index contributed by atoms with van der Waals surface area (Å²) in [5.74, 6) is -1.41. The third-order valence-corrected chi connectivity index (χ3v) is 7.39. The molecule has 0 bridgehead atoms. The number of Topliss-reactive ketones (excluding diaryl/α,β-unsaturated/α-hetero) is 2. The van der Waals surface area contributed by atoms with E-state index in [2.05, 4.69) is 41.3 Å². The minimum Gasteiger partial charge on any atom is -0.478 e. The van der Waals surface area contributed by atoms with Gasteiger partial charge in [-0.25, -0.2) is 4.79 Å². The number of benzene rings is 3. The molecular formula is C29H23NO4.